The summed E-state index contributed by atoms with van der Waals surface area (Å²) in [6, 6.07) is 0. The molecule has 0 aromatic heterocycles. The highest BCUT2D eigenvalue weighted by molar-refractivity contribution is 5.71. The van der Waals surface area contributed by atoms with E-state index in [1.54, 1.807) is 0 Å². The van der Waals surface area contributed by atoms with Crippen LogP contribution in [-0.2, 0) is 33.3 Å². The van der Waals surface area contributed by atoms with E-state index in [4.69, 9.17) is 18.9 Å². The highest BCUT2D eigenvalue weighted by Gasteiger charge is 2.25. The first-order valence-corrected chi connectivity index (χ1v) is 39.9. The van der Waals surface area contributed by atoms with Crippen molar-refractivity contribution in [3.63, 3.8) is 0 Å². The van der Waals surface area contributed by atoms with Gasteiger partial charge in [0, 0.05) is 12.8 Å². The number of carboxylic acid groups (broad SMARTS) is 1. The summed E-state index contributed by atoms with van der Waals surface area (Å²) in [4.78, 5) is 37.7. The monoisotopic (exact) mass is 1260 g/mol. The zero-order valence-corrected chi connectivity index (χ0v) is 60.6. The third kappa shape index (κ3) is 73.3. The van der Waals surface area contributed by atoms with Gasteiger partial charge in [0.05, 0.1) is 34.4 Å². The molecule has 0 heterocycles. The highest BCUT2D eigenvalue weighted by Crippen LogP contribution is 2.20. The number of quaternary nitrogens is 1. The molecule has 0 aliphatic rings. The van der Waals surface area contributed by atoms with E-state index >= 15 is 0 Å². The normalized spacial score (nSPS) is 12.6. The minimum atomic E-state index is -1.51. The average molecular weight is 1260 g/mol. The zero-order chi connectivity index (χ0) is 64.7. The van der Waals surface area contributed by atoms with Crippen molar-refractivity contribution in [1.82, 2.24) is 0 Å². The molecule has 0 aliphatic heterocycles. The van der Waals surface area contributed by atoms with E-state index in [9.17, 15) is 19.5 Å². The summed E-state index contributed by atoms with van der Waals surface area (Å²) in [5.74, 6) is -1.96. The molecular formula is C80H156NO8+. The Morgan fingerprint density at radius 1 is 0.326 bits per heavy atom. The Kier molecular flexibility index (Phi) is 70.3. The lowest BCUT2D eigenvalue weighted by Gasteiger charge is -2.25. The summed E-state index contributed by atoms with van der Waals surface area (Å²) in [5.41, 5.74) is 0. The fourth-order valence-corrected chi connectivity index (χ4v) is 12.4. The number of carbonyl (C=O) groups excluding carboxylic acids is 2. The third-order valence-corrected chi connectivity index (χ3v) is 18.5. The van der Waals surface area contributed by atoms with Crippen LogP contribution in [0.1, 0.15) is 425 Å². The van der Waals surface area contributed by atoms with Gasteiger partial charge in [-0.2, -0.15) is 0 Å². The number of hydrogen-bond acceptors (Lipinski definition) is 7. The lowest BCUT2D eigenvalue weighted by molar-refractivity contribution is -0.870. The maximum absolute atomic E-state index is 13.0. The van der Waals surface area contributed by atoms with Gasteiger partial charge in [0.15, 0.2) is 6.10 Å². The van der Waals surface area contributed by atoms with Crippen molar-refractivity contribution in [1.29, 1.82) is 0 Å². The Bertz CT molecular complexity index is 1460. The van der Waals surface area contributed by atoms with Crippen molar-refractivity contribution in [2.45, 2.75) is 437 Å². The summed E-state index contributed by atoms with van der Waals surface area (Å²) in [6.07, 6.45) is 86.6. The van der Waals surface area contributed by atoms with Gasteiger partial charge >= 0.3 is 17.9 Å². The number of allylic oxidation sites excluding steroid dienone is 2. The van der Waals surface area contributed by atoms with Crippen molar-refractivity contribution in [2.24, 2.45) is 0 Å². The van der Waals surface area contributed by atoms with Gasteiger partial charge in [-0.1, -0.05) is 386 Å². The number of unbranched alkanes of at least 4 members (excludes halogenated alkanes) is 59. The summed E-state index contributed by atoms with van der Waals surface area (Å²) in [5, 5.41) is 9.77. The number of carbonyl (C=O) groups is 3. The fourth-order valence-electron chi connectivity index (χ4n) is 12.4. The zero-order valence-electron chi connectivity index (χ0n) is 60.6. The molecule has 0 saturated carbocycles. The molecule has 0 radical (unpaired) electrons. The lowest BCUT2D eigenvalue weighted by atomic mass is 10.0. The third-order valence-electron chi connectivity index (χ3n) is 18.5. The summed E-state index contributed by atoms with van der Waals surface area (Å²) in [6.45, 7) is 4.97. The molecule has 0 bridgehead atoms. The number of carboxylic acids is 1. The van der Waals surface area contributed by atoms with Crippen LogP contribution in [-0.4, -0.2) is 87.4 Å². The highest BCUT2D eigenvalue weighted by atomic mass is 16.7. The Labute approximate surface area is 555 Å². The van der Waals surface area contributed by atoms with E-state index in [0.29, 0.717) is 17.4 Å². The van der Waals surface area contributed by atoms with Gasteiger partial charge in [-0.15, -0.1) is 0 Å². The number of nitrogens with zero attached hydrogens (tertiary/aromatic N) is 1. The van der Waals surface area contributed by atoms with Gasteiger partial charge in [-0.3, -0.25) is 9.59 Å². The van der Waals surface area contributed by atoms with Crippen molar-refractivity contribution >= 4 is 17.9 Å². The summed E-state index contributed by atoms with van der Waals surface area (Å²) < 4.78 is 23.1. The number of likely N-dealkylation sites (N-methyl/N-ethyl adjacent to an activating group) is 1. The van der Waals surface area contributed by atoms with Crippen LogP contribution in [0.3, 0.4) is 0 Å². The SMILES string of the molecule is CCCCCCCCCC/C=C\CCCCCCCCCCCCCCCCCCCCCC(=O)OC(COC(=O)CCCCCCCCCCCCCCCCCCCCCCCCCCCCCCCCCCC)COC(OCC[N+](C)(C)C)C(=O)O. The van der Waals surface area contributed by atoms with Crippen LogP contribution in [0.25, 0.3) is 0 Å². The molecule has 0 spiro atoms. The molecular weight excluding hydrogens is 1100 g/mol. The van der Waals surface area contributed by atoms with E-state index in [1.165, 1.54) is 360 Å². The molecule has 528 valence electrons. The summed E-state index contributed by atoms with van der Waals surface area (Å²) >= 11 is 0. The second-order valence-electron chi connectivity index (χ2n) is 28.7. The van der Waals surface area contributed by atoms with Crippen LogP contribution in [0.2, 0.25) is 0 Å². The molecule has 0 fully saturated rings. The second-order valence-corrected chi connectivity index (χ2v) is 28.7. The topological polar surface area (TPSA) is 108 Å². The van der Waals surface area contributed by atoms with Crippen LogP contribution < -0.4 is 0 Å². The Balaban J connectivity index is 3.96. The molecule has 9 heteroatoms. The molecule has 0 saturated heterocycles. The van der Waals surface area contributed by atoms with E-state index in [-0.39, 0.29) is 38.2 Å². The van der Waals surface area contributed by atoms with Crippen molar-refractivity contribution in [3.8, 4) is 0 Å². The molecule has 0 aromatic rings. The first-order chi connectivity index (χ1) is 43.6. The Morgan fingerprint density at radius 2 is 0.573 bits per heavy atom. The smallest absolute Gasteiger partial charge is 0.361 e. The van der Waals surface area contributed by atoms with Crippen molar-refractivity contribution in [3.05, 3.63) is 12.2 Å². The Hall–Kier alpha value is -1.97. The van der Waals surface area contributed by atoms with Gasteiger partial charge in [-0.25, -0.2) is 4.79 Å². The maximum atomic E-state index is 13.0. The number of rotatable bonds is 76. The molecule has 9 nitrogen and oxygen atoms in total. The fraction of sp³-hybridized carbons (Fsp3) is 0.938. The Morgan fingerprint density at radius 3 is 0.831 bits per heavy atom. The molecule has 0 aliphatic carbocycles. The standard InChI is InChI=1S/C80H155NO8/c1-6-8-10-12-14-16-18-20-22-24-26-28-30-32-34-36-38-39-41-42-44-46-48-50-52-54-56-58-60-62-64-66-68-70-77(82)87-74-76(75-88-80(79(84)85)86-73-72-81(3,4)5)89-78(83)71-69-67-65-63-61-59-57-55-53-51-49-47-45-43-40-37-35-33-31-29-27-25-23-21-19-17-15-13-11-9-7-2/h25,27,76,80H,6-24,26,28-75H2,1-5H3/p+1/b27-25-. The maximum Gasteiger partial charge on any atom is 0.361 e. The van der Waals surface area contributed by atoms with Crippen LogP contribution in [0, 0.1) is 0 Å². The van der Waals surface area contributed by atoms with E-state index < -0.39 is 18.4 Å². The number of esters is 2. The number of hydrogen-bond donors (Lipinski definition) is 1. The lowest BCUT2D eigenvalue weighted by Crippen LogP contribution is -2.40. The van der Waals surface area contributed by atoms with Crippen molar-refractivity contribution < 1.29 is 42.9 Å². The predicted molar refractivity (Wildman–Crippen MR) is 383 cm³/mol. The van der Waals surface area contributed by atoms with Gasteiger partial charge < -0.3 is 28.5 Å². The van der Waals surface area contributed by atoms with Crippen LogP contribution in [0.5, 0.6) is 0 Å². The number of ether oxygens (including phenoxy) is 4. The summed E-state index contributed by atoms with van der Waals surface area (Å²) in [7, 11) is 6.00. The van der Waals surface area contributed by atoms with Gasteiger partial charge in [-0.05, 0) is 38.5 Å². The van der Waals surface area contributed by atoms with E-state index in [0.717, 1.165) is 38.5 Å². The van der Waals surface area contributed by atoms with Crippen molar-refractivity contribution in [2.75, 3.05) is 47.5 Å². The van der Waals surface area contributed by atoms with Crippen LogP contribution in [0.15, 0.2) is 12.2 Å². The van der Waals surface area contributed by atoms with Crippen LogP contribution in [0.4, 0.5) is 0 Å². The molecule has 0 amide bonds. The minimum Gasteiger partial charge on any atom is -0.477 e. The van der Waals surface area contributed by atoms with Gasteiger partial charge in [0.2, 0.25) is 0 Å². The molecule has 1 N–H and O–H groups in total. The largest absolute Gasteiger partial charge is 0.477 e. The quantitative estimate of drug-likeness (QED) is 0.0211. The first-order valence-electron chi connectivity index (χ1n) is 39.9. The predicted octanol–water partition coefficient (Wildman–Crippen LogP) is 25.2. The molecule has 2 atom stereocenters. The van der Waals surface area contributed by atoms with E-state index in [1.807, 2.05) is 21.1 Å². The van der Waals surface area contributed by atoms with Gasteiger partial charge in [0.25, 0.3) is 6.29 Å². The number of aliphatic carboxylic acids is 1. The molecule has 0 aromatic carbocycles. The molecule has 89 heavy (non-hydrogen) atoms. The van der Waals surface area contributed by atoms with Gasteiger partial charge in [0.1, 0.15) is 13.2 Å². The first kappa shape index (κ1) is 87.0. The van der Waals surface area contributed by atoms with E-state index in [2.05, 4.69) is 26.0 Å². The molecule has 2 unspecified atom stereocenters. The van der Waals surface area contributed by atoms with Crippen LogP contribution >= 0.6 is 0 Å². The minimum absolute atomic E-state index is 0.173. The average Bonchev–Trinajstić information content (AvgIpc) is 3.64. The molecule has 0 rings (SSSR count). The second kappa shape index (κ2) is 71.9.